The van der Waals surface area contributed by atoms with Crippen molar-refractivity contribution in [1.82, 2.24) is 9.62 Å². The van der Waals surface area contributed by atoms with E-state index in [0.29, 0.717) is 31.2 Å². The summed E-state index contributed by atoms with van der Waals surface area (Å²) in [4.78, 5) is 14.2. The van der Waals surface area contributed by atoms with Crippen LogP contribution < -0.4 is 15.5 Å². The van der Waals surface area contributed by atoms with E-state index >= 15 is 0 Å². The Morgan fingerprint density at radius 3 is 2.23 bits per heavy atom. The van der Waals surface area contributed by atoms with Crippen molar-refractivity contribution in [2.24, 2.45) is 0 Å². The van der Waals surface area contributed by atoms with E-state index in [2.05, 4.69) is 15.5 Å². The second-order valence-electron chi connectivity index (χ2n) is 7.02. The van der Waals surface area contributed by atoms with Crippen molar-refractivity contribution < 1.29 is 13.2 Å². The van der Waals surface area contributed by atoms with Gasteiger partial charge in [0, 0.05) is 48.7 Å². The zero-order chi connectivity index (χ0) is 22.4. The second-order valence-corrected chi connectivity index (χ2v) is 9.85. The van der Waals surface area contributed by atoms with E-state index in [0.717, 1.165) is 16.9 Å². The lowest BCUT2D eigenvalue weighted by atomic mass is 10.2. The third-order valence-electron chi connectivity index (χ3n) is 4.73. The molecule has 10 heteroatoms. The Morgan fingerprint density at radius 1 is 1.03 bits per heavy atom. The average Bonchev–Trinajstić information content (AvgIpc) is 2.73. The van der Waals surface area contributed by atoms with Gasteiger partial charge in [-0.05, 0) is 60.3 Å². The molecule has 0 saturated carbocycles. The highest BCUT2D eigenvalue weighted by molar-refractivity contribution is 7.88. The molecule has 0 spiro atoms. The van der Waals surface area contributed by atoms with E-state index in [1.165, 1.54) is 16.6 Å². The van der Waals surface area contributed by atoms with Gasteiger partial charge in [-0.15, -0.1) is 0 Å². The molecule has 1 saturated heterocycles. The van der Waals surface area contributed by atoms with Crippen LogP contribution >= 0.6 is 23.8 Å². The topological polar surface area (TPSA) is 81.8 Å². The number of rotatable bonds is 5. The molecule has 0 radical (unpaired) electrons. The fourth-order valence-corrected chi connectivity index (χ4v) is 4.27. The molecule has 0 aromatic heterocycles. The molecule has 7 nitrogen and oxygen atoms in total. The van der Waals surface area contributed by atoms with Crippen LogP contribution in [0.3, 0.4) is 0 Å². The highest BCUT2D eigenvalue weighted by Crippen LogP contribution is 2.20. The van der Waals surface area contributed by atoms with E-state index in [1.54, 1.807) is 18.2 Å². The number of anilines is 2. The minimum absolute atomic E-state index is 0.195. The van der Waals surface area contributed by atoms with Crippen LogP contribution in [0.2, 0.25) is 5.02 Å². The third-order valence-corrected chi connectivity index (χ3v) is 6.49. The monoisotopic (exact) mass is 478 g/mol. The van der Waals surface area contributed by atoms with Crippen molar-refractivity contribution in [2.45, 2.75) is 0 Å². The quantitative estimate of drug-likeness (QED) is 0.508. The molecule has 2 aromatic carbocycles. The third kappa shape index (κ3) is 7.03. The number of hydrogen-bond acceptors (Lipinski definition) is 5. The molecule has 2 aromatic rings. The Morgan fingerprint density at radius 2 is 1.65 bits per heavy atom. The van der Waals surface area contributed by atoms with Crippen molar-refractivity contribution in [1.29, 1.82) is 0 Å². The number of carbonyl (C=O) groups is 1. The van der Waals surface area contributed by atoms with Gasteiger partial charge in [-0.3, -0.25) is 10.1 Å². The van der Waals surface area contributed by atoms with Gasteiger partial charge in [0.2, 0.25) is 15.9 Å². The second kappa shape index (κ2) is 10.2. The van der Waals surface area contributed by atoms with Crippen LogP contribution in [-0.4, -0.2) is 56.2 Å². The van der Waals surface area contributed by atoms with Crippen molar-refractivity contribution in [3.05, 3.63) is 65.2 Å². The van der Waals surface area contributed by atoms with Gasteiger partial charge in [0.05, 0.1) is 6.26 Å². The number of carbonyl (C=O) groups excluding carboxylic acids is 1. The fourth-order valence-electron chi connectivity index (χ4n) is 3.10. The molecule has 1 heterocycles. The lowest BCUT2D eigenvalue weighted by Gasteiger charge is -2.34. The van der Waals surface area contributed by atoms with Gasteiger partial charge in [0.15, 0.2) is 5.11 Å². The van der Waals surface area contributed by atoms with Gasteiger partial charge in [0.25, 0.3) is 0 Å². The smallest absolute Gasteiger partial charge is 0.250 e. The Bertz CT molecular complexity index is 1060. The number of amides is 1. The molecule has 0 atom stereocenters. The number of nitrogens with zero attached hydrogens (tertiary/aromatic N) is 2. The highest BCUT2D eigenvalue weighted by atomic mass is 35.5. The molecule has 0 aliphatic carbocycles. The van der Waals surface area contributed by atoms with Crippen LogP contribution in [0.15, 0.2) is 54.6 Å². The molecular weight excluding hydrogens is 456 g/mol. The highest BCUT2D eigenvalue weighted by Gasteiger charge is 2.23. The van der Waals surface area contributed by atoms with Crippen molar-refractivity contribution >= 4 is 62.3 Å². The summed E-state index contributed by atoms with van der Waals surface area (Å²) in [5, 5.41) is 6.41. The minimum atomic E-state index is -3.15. The summed E-state index contributed by atoms with van der Waals surface area (Å²) in [7, 11) is -3.15. The van der Waals surface area contributed by atoms with Crippen LogP contribution in [0.1, 0.15) is 5.56 Å². The van der Waals surface area contributed by atoms with E-state index in [9.17, 15) is 13.2 Å². The molecule has 1 aliphatic heterocycles. The van der Waals surface area contributed by atoms with E-state index in [4.69, 9.17) is 23.8 Å². The van der Waals surface area contributed by atoms with Gasteiger partial charge in [0.1, 0.15) is 0 Å². The van der Waals surface area contributed by atoms with Gasteiger partial charge in [-0.2, -0.15) is 4.31 Å². The van der Waals surface area contributed by atoms with Gasteiger partial charge < -0.3 is 10.2 Å². The van der Waals surface area contributed by atoms with Crippen LogP contribution in [-0.2, 0) is 14.8 Å². The number of thiocarbonyl (C=S) groups is 1. The number of hydrogen-bond donors (Lipinski definition) is 2. The first-order chi connectivity index (χ1) is 14.7. The predicted octanol–water partition coefficient (Wildman–Crippen LogP) is 2.95. The number of nitrogens with one attached hydrogen (secondary N) is 2. The molecule has 164 valence electrons. The lowest BCUT2D eigenvalue weighted by molar-refractivity contribution is -0.115. The largest absolute Gasteiger partial charge is 0.369 e. The number of halogens is 1. The summed E-state index contributed by atoms with van der Waals surface area (Å²) < 4.78 is 24.7. The number of piperazine rings is 1. The normalized spacial score (nSPS) is 15.1. The number of benzene rings is 2. The number of sulfonamides is 1. The SMILES string of the molecule is CS(=O)(=O)N1CCN(c2ccc(NC(=S)NC(=O)/C=C/c3ccc(Cl)cc3)cc2)CC1. The minimum Gasteiger partial charge on any atom is -0.369 e. The molecule has 3 rings (SSSR count). The van der Waals surface area contributed by atoms with Crippen LogP contribution in [0.4, 0.5) is 11.4 Å². The molecular formula is C21H23ClN4O3S2. The van der Waals surface area contributed by atoms with Crippen molar-refractivity contribution in [3.63, 3.8) is 0 Å². The van der Waals surface area contributed by atoms with Crippen LogP contribution in [0.25, 0.3) is 6.08 Å². The molecule has 2 N–H and O–H groups in total. The summed E-state index contributed by atoms with van der Waals surface area (Å²) in [6.07, 6.45) is 4.31. The van der Waals surface area contributed by atoms with E-state index in [-0.39, 0.29) is 11.0 Å². The maximum atomic E-state index is 12.0. The Hall–Kier alpha value is -2.46. The average molecular weight is 479 g/mol. The fraction of sp³-hybridized carbons (Fsp3) is 0.238. The first-order valence-corrected chi connectivity index (χ1v) is 12.2. The Kier molecular flexibility index (Phi) is 7.66. The molecule has 0 bridgehead atoms. The summed E-state index contributed by atoms with van der Waals surface area (Å²) in [5.41, 5.74) is 2.59. The summed E-state index contributed by atoms with van der Waals surface area (Å²) >= 11 is 11.0. The van der Waals surface area contributed by atoms with E-state index < -0.39 is 10.0 Å². The summed E-state index contributed by atoms with van der Waals surface area (Å²) in [5.74, 6) is -0.340. The molecule has 1 fully saturated rings. The van der Waals surface area contributed by atoms with Crippen LogP contribution in [0, 0.1) is 0 Å². The Balaban J connectivity index is 1.48. The predicted molar refractivity (Wildman–Crippen MR) is 130 cm³/mol. The van der Waals surface area contributed by atoms with Crippen LogP contribution in [0.5, 0.6) is 0 Å². The first-order valence-electron chi connectivity index (χ1n) is 9.56. The van der Waals surface area contributed by atoms with Gasteiger partial charge >= 0.3 is 0 Å². The molecule has 1 amide bonds. The maximum Gasteiger partial charge on any atom is 0.250 e. The molecule has 1 aliphatic rings. The summed E-state index contributed by atoms with van der Waals surface area (Å²) in [6, 6.07) is 14.7. The first kappa shape index (κ1) is 23.2. The van der Waals surface area contributed by atoms with Crippen molar-refractivity contribution in [3.8, 4) is 0 Å². The Labute approximate surface area is 192 Å². The lowest BCUT2D eigenvalue weighted by Crippen LogP contribution is -2.48. The summed E-state index contributed by atoms with van der Waals surface area (Å²) in [6.45, 7) is 2.21. The standard InChI is InChI=1S/C21H23ClN4O3S2/c1-31(28,29)26-14-12-25(13-15-26)19-9-7-18(8-10-19)23-21(30)24-20(27)11-4-16-2-5-17(22)6-3-16/h2-11H,12-15H2,1H3,(H2,23,24,27,30)/b11-4+. The zero-order valence-corrected chi connectivity index (χ0v) is 19.3. The molecule has 31 heavy (non-hydrogen) atoms. The van der Waals surface area contributed by atoms with Crippen molar-refractivity contribution in [2.75, 3.05) is 42.7 Å². The zero-order valence-electron chi connectivity index (χ0n) is 16.9. The van der Waals surface area contributed by atoms with E-state index in [1.807, 2.05) is 36.4 Å². The van der Waals surface area contributed by atoms with Gasteiger partial charge in [-0.1, -0.05) is 23.7 Å². The van der Waals surface area contributed by atoms with Gasteiger partial charge in [-0.25, -0.2) is 8.42 Å². The maximum absolute atomic E-state index is 12.0. The molecule has 0 unspecified atom stereocenters.